The van der Waals surface area contributed by atoms with E-state index in [9.17, 15) is 25.2 Å². The zero-order valence-corrected chi connectivity index (χ0v) is 10.9. The number of rotatable bonds is 4. The number of aliphatic hydroxyl groups is 4. The van der Waals surface area contributed by atoms with Crippen molar-refractivity contribution in [2.24, 2.45) is 0 Å². The highest BCUT2D eigenvalue weighted by molar-refractivity contribution is 5.90. The van der Waals surface area contributed by atoms with Crippen LogP contribution < -0.4 is 4.74 Å². The van der Waals surface area contributed by atoms with Gasteiger partial charge in [0.1, 0.15) is 42.3 Å². The molecule has 0 amide bonds. The van der Waals surface area contributed by atoms with Crippen LogP contribution in [0.5, 0.6) is 5.75 Å². The largest absolute Gasteiger partial charge is 0.490 e. The fourth-order valence-corrected chi connectivity index (χ4v) is 2.01. The molecule has 1 heterocycles. The average Bonchev–Trinajstić information content (AvgIpc) is 2.47. The van der Waals surface area contributed by atoms with Gasteiger partial charge in [-0.05, 0) is 12.1 Å². The van der Waals surface area contributed by atoms with Crippen molar-refractivity contribution in [3.05, 3.63) is 29.8 Å². The van der Waals surface area contributed by atoms with Crippen molar-refractivity contribution in [1.82, 2.24) is 0 Å². The van der Waals surface area contributed by atoms with Gasteiger partial charge in [-0.25, -0.2) is 4.79 Å². The first-order valence-electron chi connectivity index (χ1n) is 6.24. The Morgan fingerprint density at radius 2 is 1.76 bits per heavy atom. The number of carboxylic acids is 1. The number of carboxylic acid groups (broad SMARTS) is 1. The fraction of sp³-hybridized carbons (Fsp3) is 0.462. The van der Waals surface area contributed by atoms with Crippen LogP contribution in [0.15, 0.2) is 24.3 Å². The summed E-state index contributed by atoms with van der Waals surface area (Å²) in [5.74, 6) is -1.11. The molecule has 1 fully saturated rings. The molecule has 1 aliphatic rings. The molecule has 0 bridgehead atoms. The minimum atomic E-state index is -1.66. The molecule has 1 aliphatic heterocycles. The van der Waals surface area contributed by atoms with Crippen molar-refractivity contribution in [3.8, 4) is 5.75 Å². The molecule has 5 atom stereocenters. The number of carbonyl (C=O) groups is 1. The lowest BCUT2D eigenvalue weighted by Crippen LogP contribution is -2.58. The Bertz CT molecular complexity index is 505. The normalized spacial score (nSPS) is 32.7. The summed E-state index contributed by atoms with van der Waals surface area (Å²) in [6, 6.07) is 5.89. The van der Waals surface area contributed by atoms with E-state index >= 15 is 0 Å². The minimum Gasteiger partial charge on any atom is -0.490 e. The smallest absolute Gasteiger partial charge is 0.339 e. The van der Waals surface area contributed by atoms with Crippen molar-refractivity contribution < 1.29 is 39.8 Å². The summed E-state index contributed by atoms with van der Waals surface area (Å²) in [6.07, 6.45) is -7.45. The summed E-state index contributed by atoms with van der Waals surface area (Å²) in [6.45, 7) is -0.299. The van der Waals surface area contributed by atoms with Gasteiger partial charge in [-0.15, -0.1) is 0 Å². The predicted molar refractivity (Wildman–Crippen MR) is 67.8 cm³/mol. The number of ether oxygens (including phenoxy) is 2. The second-order valence-corrected chi connectivity index (χ2v) is 4.65. The zero-order valence-electron chi connectivity index (χ0n) is 10.9. The molecule has 0 radical (unpaired) electrons. The van der Waals surface area contributed by atoms with Crippen LogP contribution in [0.3, 0.4) is 0 Å². The molecular weight excluding hydrogens is 284 g/mol. The van der Waals surface area contributed by atoms with Crippen LogP contribution >= 0.6 is 0 Å². The maximum Gasteiger partial charge on any atom is 0.339 e. The molecule has 2 rings (SSSR count). The van der Waals surface area contributed by atoms with Crippen LogP contribution in [0.2, 0.25) is 0 Å². The first-order chi connectivity index (χ1) is 9.91. The highest BCUT2D eigenvalue weighted by Gasteiger charge is 2.43. The topological polar surface area (TPSA) is 137 Å². The van der Waals surface area contributed by atoms with Gasteiger partial charge in [0, 0.05) is 0 Å². The molecule has 21 heavy (non-hydrogen) atoms. The second kappa shape index (κ2) is 6.37. The summed E-state index contributed by atoms with van der Waals surface area (Å²) in [4.78, 5) is 11.0. The van der Waals surface area contributed by atoms with Gasteiger partial charge in [0.15, 0.2) is 6.29 Å². The first kappa shape index (κ1) is 15.7. The molecule has 116 valence electrons. The van der Waals surface area contributed by atoms with E-state index in [2.05, 4.69) is 0 Å². The van der Waals surface area contributed by atoms with E-state index in [1.54, 1.807) is 6.07 Å². The quantitative estimate of drug-likeness (QED) is 0.456. The summed E-state index contributed by atoms with van der Waals surface area (Å²) in [5, 5.41) is 47.0. The summed E-state index contributed by atoms with van der Waals surface area (Å²) in [5.41, 5.74) is -0.0658. The Balaban J connectivity index is 2.05. The minimum absolute atomic E-state index is 0.0656. The van der Waals surface area contributed by atoms with Gasteiger partial charge in [0.05, 0.1) is 0 Å². The molecule has 5 unspecified atom stereocenters. The molecule has 0 spiro atoms. The third-order valence-corrected chi connectivity index (χ3v) is 3.21. The third-order valence-electron chi connectivity index (χ3n) is 3.21. The van der Waals surface area contributed by atoms with Crippen LogP contribution in [0.4, 0.5) is 0 Å². The van der Waals surface area contributed by atoms with Crippen LogP contribution in [0, 0.1) is 0 Å². The molecule has 8 heteroatoms. The second-order valence-electron chi connectivity index (χ2n) is 4.65. The molecular formula is C13H16O8. The van der Waals surface area contributed by atoms with E-state index < -0.39 is 36.7 Å². The number of benzene rings is 1. The number of hydrogen-bond donors (Lipinski definition) is 5. The van der Waals surface area contributed by atoms with Gasteiger partial charge >= 0.3 is 5.97 Å². The maximum absolute atomic E-state index is 11.0. The number of para-hydroxylation sites is 1. The zero-order chi connectivity index (χ0) is 15.6. The van der Waals surface area contributed by atoms with Crippen molar-refractivity contribution in [2.45, 2.75) is 30.7 Å². The van der Waals surface area contributed by atoms with E-state index in [1.807, 2.05) is 0 Å². The molecule has 5 N–H and O–H groups in total. The highest BCUT2D eigenvalue weighted by Crippen LogP contribution is 2.23. The van der Waals surface area contributed by atoms with Crippen molar-refractivity contribution in [1.29, 1.82) is 0 Å². The Morgan fingerprint density at radius 1 is 1.10 bits per heavy atom. The summed E-state index contributed by atoms with van der Waals surface area (Å²) >= 11 is 0. The van der Waals surface area contributed by atoms with E-state index in [4.69, 9.17) is 14.6 Å². The lowest BCUT2D eigenvalue weighted by molar-refractivity contribution is -0.285. The molecule has 0 saturated carbocycles. The van der Waals surface area contributed by atoms with Gasteiger partial charge in [0.25, 0.3) is 0 Å². The fourth-order valence-electron chi connectivity index (χ4n) is 2.01. The van der Waals surface area contributed by atoms with Crippen LogP contribution in [-0.4, -0.2) is 68.8 Å². The monoisotopic (exact) mass is 300 g/mol. The number of aliphatic hydroxyl groups excluding tert-OH is 4. The maximum atomic E-state index is 11.0. The van der Waals surface area contributed by atoms with Crippen molar-refractivity contribution in [3.63, 3.8) is 0 Å². The summed E-state index contributed by atoms with van der Waals surface area (Å²) in [7, 11) is 0. The van der Waals surface area contributed by atoms with E-state index in [-0.39, 0.29) is 17.9 Å². The van der Waals surface area contributed by atoms with Crippen molar-refractivity contribution >= 4 is 5.97 Å². The predicted octanol–water partition coefficient (Wildman–Crippen LogP) is -1.44. The first-order valence-corrected chi connectivity index (χ1v) is 6.24. The van der Waals surface area contributed by atoms with E-state index in [1.165, 1.54) is 18.2 Å². The number of aromatic carboxylic acids is 1. The average molecular weight is 300 g/mol. The Labute approximate surface area is 119 Å². The molecule has 0 aliphatic carbocycles. The van der Waals surface area contributed by atoms with Gasteiger partial charge < -0.3 is 35.0 Å². The summed E-state index contributed by atoms with van der Waals surface area (Å²) < 4.78 is 10.2. The standard InChI is InChI=1S/C13H16O8/c14-9-8(21-13(19)11(16)10(9)15)5-20-7-4-2-1-3-6(7)12(17)18/h1-4,8-11,13-16,19H,5H2,(H,17,18). The molecule has 1 aromatic carbocycles. The molecule has 1 saturated heterocycles. The number of hydrogen-bond acceptors (Lipinski definition) is 7. The SMILES string of the molecule is O=C(O)c1ccccc1OCC1OC(O)C(O)C(O)C1O. The van der Waals surface area contributed by atoms with Crippen molar-refractivity contribution in [2.75, 3.05) is 6.61 Å². The lowest BCUT2D eigenvalue weighted by Gasteiger charge is -2.38. The van der Waals surface area contributed by atoms with Gasteiger partial charge in [0.2, 0.25) is 0 Å². The van der Waals surface area contributed by atoms with Gasteiger partial charge in [-0.3, -0.25) is 0 Å². The molecule has 8 nitrogen and oxygen atoms in total. The Morgan fingerprint density at radius 3 is 2.43 bits per heavy atom. The van der Waals surface area contributed by atoms with Gasteiger partial charge in [-0.2, -0.15) is 0 Å². The van der Waals surface area contributed by atoms with E-state index in [0.717, 1.165) is 0 Å². The van der Waals surface area contributed by atoms with Crippen LogP contribution in [0.25, 0.3) is 0 Å². The highest BCUT2D eigenvalue weighted by atomic mass is 16.6. The lowest BCUT2D eigenvalue weighted by atomic mass is 9.99. The Hall–Kier alpha value is -1.71. The Kier molecular flexibility index (Phi) is 4.76. The van der Waals surface area contributed by atoms with Gasteiger partial charge in [-0.1, -0.05) is 12.1 Å². The third kappa shape index (κ3) is 3.31. The molecule has 1 aromatic rings. The van der Waals surface area contributed by atoms with E-state index in [0.29, 0.717) is 0 Å². The molecule has 0 aromatic heterocycles. The van der Waals surface area contributed by atoms with Crippen LogP contribution in [0.1, 0.15) is 10.4 Å². The van der Waals surface area contributed by atoms with Crippen LogP contribution in [-0.2, 0) is 4.74 Å².